The lowest BCUT2D eigenvalue weighted by molar-refractivity contribution is -0.124. The molecule has 0 aliphatic rings. The average molecular weight is 414 g/mol. The number of aliphatic hydroxyl groups excluding tert-OH is 1. The second-order valence-electron chi connectivity index (χ2n) is 6.66. The van der Waals surface area contributed by atoms with E-state index in [1.54, 1.807) is 43.3 Å². The van der Waals surface area contributed by atoms with E-state index in [9.17, 15) is 9.59 Å². The van der Waals surface area contributed by atoms with E-state index < -0.39 is 24.0 Å². The Morgan fingerprint density at radius 1 is 1.17 bits per heavy atom. The summed E-state index contributed by atoms with van der Waals surface area (Å²) in [5.74, 6) is -0.581. The van der Waals surface area contributed by atoms with Gasteiger partial charge in [-0.15, -0.1) is 0 Å². The van der Waals surface area contributed by atoms with Gasteiger partial charge in [0.2, 0.25) is 0 Å². The molecule has 0 aliphatic heterocycles. The number of ether oxygens (including phenoxy) is 2. The van der Waals surface area contributed by atoms with Crippen LogP contribution in [0.15, 0.2) is 60.7 Å². The quantitative estimate of drug-likeness (QED) is 0.284. The third-order valence-electron chi connectivity index (χ3n) is 4.22. The van der Waals surface area contributed by atoms with Crippen LogP contribution in [0.2, 0.25) is 0 Å². The number of amides is 2. The Bertz CT molecular complexity index is 866. The summed E-state index contributed by atoms with van der Waals surface area (Å²) in [4.78, 5) is 23.8. The zero-order chi connectivity index (χ0) is 21.9. The Labute approximate surface area is 175 Å². The molecule has 160 valence electrons. The van der Waals surface area contributed by atoms with Gasteiger partial charge in [-0.3, -0.25) is 15.3 Å². The lowest BCUT2D eigenvalue weighted by Crippen LogP contribution is -2.22. The molecule has 0 aliphatic carbocycles. The molecule has 2 rings (SSSR count). The molecule has 0 aromatic heterocycles. The van der Waals surface area contributed by atoms with E-state index in [4.69, 9.17) is 19.8 Å². The molecule has 4 N–H and O–H groups in total. The molecule has 8 nitrogen and oxygen atoms in total. The molecule has 0 bridgehead atoms. The van der Waals surface area contributed by atoms with Gasteiger partial charge in [0.1, 0.15) is 18.5 Å². The smallest absolute Gasteiger partial charge is 0.412 e. The minimum atomic E-state index is -0.740. The van der Waals surface area contributed by atoms with Crippen LogP contribution in [-0.2, 0) is 9.53 Å². The fraction of sp³-hybridized carbons (Fsp3) is 0.273. The molecule has 0 saturated heterocycles. The van der Waals surface area contributed by atoms with Crippen molar-refractivity contribution in [3.8, 4) is 5.75 Å². The number of carbonyl (C=O) groups is 2. The van der Waals surface area contributed by atoms with Gasteiger partial charge in [-0.25, -0.2) is 10.3 Å². The highest BCUT2D eigenvalue weighted by molar-refractivity contribution is 5.86. The Kier molecular flexibility index (Phi) is 8.86. The molecule has 8 heteroatoms. The summed E-state index contributed by atoms with van der Waals surface area (Å²) in [5, 5.41) is 20.3. The summed E-state index contributed by atoms with van der Waals surface area (Å²) >= 11 is 0. The van der Waals surface area contributed by atoms with Crippen molar-refractivity contribution >= 4 is 17.7 Å². The Hall–Kier alpha value is -3.36. The summed E-state index contributed by atoms with van der Waals surface area (Å²) < 4.78 is 11.1. The zero-order valence-corrected chi connectivity index (χ0v) is 16.9. The van der Waals surface area contributed by atoms with E-state index >= 15 is 0 Å². The van der Waals surface area contributed by atoms with Crippen LogP contribution in [0.25, 0.3) is 0 Å². The van der Waals surface area contributed by atoms with Gasteiger partial charge in [0.05, 0.1) is 6.61 Å². The lowest BCUT2D eigenvalue weighted by atomic mass is 9.96. The first-order chi connectivity index (χ1) is 14.4. The second-order valence-corrected chi connectivity index (χ2v) is 6.66. The first-order valence-electron chi connectivity index (χ1n) is 9.43. The van der Waals surface area contributed by atoms with Crippen molar-refractivity contribution in [1.82, 2.24) is 5.48 Å². The number of aliphatic hydroxyl groups is 1. The molecule has 0 fully saturated rings. The summed E-state index contributed by atoms with van der Waals surface area (Å²) in [6.07, 6.45) is 1.29. The average Bonchev–Trinajstić information content (AvgIpc) is 2.75. The molecule has 0 saturated carbocycles. The number of carbonyl (C=O) groups excluding carboxylic acids is 2. The molecule has 2 amide bonds. The van der Waals surface area contributed by atoms with E-state index in [-0.39, 0.29) is 13.2 Å². The van der Waals surface area contributed by atoms with Gasteiger partial charge in [-0.1, -0.05) is 42.8 Å². The molecular formula is C22H26N2O6. The number of nitrogens with one attached hydrogen (secondary N) is 2. The molecule has 0 heterocycles. The fourth-order valence-electron chi connectivity index (χ4n) is 2.70. The third-order valence-corrected chi connectivity index (χ3v) is 4.22. The SMILES string of the molecule is Cc1ccc(NC(=O)O[C@@H](c2cccc(OCCO)c2)[C@@H](C)/C=C/C(=O)NO)cc1. The van der Waals surface area contributed by atoms with E-state index in [1.807, 2.05) is 19.1 Å². The maximum absolute atomic E-state index is 12.5. The first kappa shape index (κ1) is 22.9. The standard InChI is InChI=1S/C22H26N2O6/c1-15-6-9-18(10-7-15)23-22(27)30-21(16(2)8-11-20(26)24-28)17-4-3-5-19(14-17)29-13-12-25/h3-11,14,16,21,25,28H,12-13H2,1-2H3,(H,23,27)(H,24,26)/b11-8+/t16-,21+/m0/s1. The van der Waals surface area contributed by atoms with E-state index in [2.05, 4.69) is 5.32 Å². The van der Waals surface area contributed by atoms with Crippen LogP contribution in [0.5, 0.6) is 5.75 Å². The molecule has 0 spiro atoms. The third kappa shape index (κ3) is 7.23. The van der Waals surface area contributed by atoms with Crippen LogP contribution in [-0.4, -0.2) is 35.5 Å². The second kappa shape index (κ2) is 11.6. The minimum Gasteiger partial charge on any atom is -0.491 e. The summed E-state index contributed by atoms with van der Waals surface area (Å²) in [5.41, 5.74) is 3.82. The number of rotatable bonds is 9. The van der Waals surface area contributed by atoms with Crippen molar-refractivity contribution in [2.45, 2.75) is 20.0 Å². The van der Waals surface area contributed by atoms with Gasteiger partial charge in [-0.2, -0.15) is 0 Å². The van der Waals surface area contributed by atoms with Crippen LogP contribution < -0.4 is 15.5 Å². The van der Waals surface area contributed by atoms with Crippen molar-refractivity contribution in [2.24, 2.45) is 5.92 Å². The van der Waals surface area contributed by atoms with Gasteiger partial charge in [0.25, 0.3) is 5.91 Å². The number of benzene rings is 2. The van der Waals surface area contributed by atoms with Gasteiger partial charge in [-0.05, 0) is 36.8 Å². The van der Waals surface area contributed by atoms with Gasteiger partial charge >= 0.3 is 6.09 Å². The highest BCUT2D eigenvalue weighted by Gasteiger charge is 2.23. The van der Waals surface area contributed by atoms with Crippen molar-refractivity contribution in [2.75, 3.05) is 18.5 Å². The Balaban J connectivity index is 2.21. The number of hydroxylamine groups is 1. The molecule has 2 aromatic carbocycles. The molecule has 2 atom stereocenters. The topological polar surface area (TPSA) is 117 Å². The summed E-state index contributed by atoms with van der Waals surface area (Å²) in [7, 11) is 0. The highest BCUT2D eigenvalue weighted by atomic mass is 16.6. The van der Waals surface area contributed by atoms with E-state index in [1.165, 1.54) is 11.6 Å². The summed E-state index contributed by atoms with van der Waals surface area (Å²) in [6, 6.07) is 14.2. The van der Waals surface area contributed by atoms with Gasteiger partial charge in [0.15, 0.2) is 0 Å². The lowest BCUT2D eigenvalue weighted by Gasteiger charge is -2.23. The highest BCUT2D eigenvalue weighted by Crippen LogP contribution is 2.30. The van der Waals surface area contributed by atoms with Crippen LogP contribution in [0, 0.1) is 12.8 Å². The van der Waals surface area contributed by atoms with Gasteiger partial charge in [0, 0.05) is 17.7 Å². The van der Waals surface area contributed by atoms with Crippen LogP contribution in [0.4, 0.5) is 10.5 Å². The predicted molar refractivity (Wildman–Crippen MR) is 111 cm³/mol. The van der Waals surface area contributed by atoms with Gasteiger partial charge < -0.3 is 14.6 Å². The summed E-state index contributed by atoms with van der Waals surface area (Å²) in [6.45, 7) is 3.72. The van der Waals surface area contributed by atoms with E-state index in [0.29, 0.717) is 17.0 Å². The van der Waals surface area contributed by atoms with Crippen LogP contribution in [0.1, 0.15) is 24.2 Å². The minimum absolute atomic E-state index is 0.126. The molecule has 2 aromatic rings. The normalized spacial score (nSPS) is 12.8. The van der Waals surface area contributed by atoms with Crippen LogP contribution in [0.3, 0.4) is 0 Å². The molecule has 0 unspecified atom stereocenters. The Morgan fingerprint density at radius 2 is 1.90 bits per heavy atom. The Morgan fingerprint density at radius 3 is 2.57 bits per heavy atom. The largest absolute Gasteiger partial charge is 0.491 e. The maximum atomic E-state index is 12.5. The molecular weight excluding hydrogens is 388 g/mol. The zero-order valence-electron chi connectivity index (χ0n) is 16.9. The monoisotopic (exact) mass is 414 g/mol. The van der Waals surface area contributed by atoms with Crippen molar-refractivity contribution in [1.29, 1.82) is 0 Å². The van der Waals surface area contributed by atoms with E-state index in [0.717, 1.165) is 11.6 Å². The maximum Gasteiger partial charge on any atom is 0.412 e. The van der Waals surface area contributed by atoms with Crippen molar-refractivity contribution < 1.29 is 29.4 Å². The van der Waals surface area contributed by atoms with Crippen molar-refractivity contribution in [3.63, 3.8) is 0 Å². The first-order valence-corrected chi connectivity index (χ1v) is 9.43. The number of hydrogen-bond acceptors (Lipinski definition) is 6. The number of aryl methyl sites for hydroxylation is 1. The number of hydrogen-bond donors (Lipinski definition) is 4. The predicted octanol–water partition coefficient (Wildman–Crippen LogP) is 3.35. The van der Waals surface area contributed by atoms with Crippen molar-refractivity contribution in [3.05, 3.63) is 71.8 Å². The molecule has 0 radical (unpaired) electrons. The molecule has 30 heavy (non-hydrogen) atoms. The van der Waals surface area contributed by atoms with Crippen LogP contribution >= 0.6 is 0 Å². The number of anilines is 1. The fourth-order valence-corrected chi connectivity index (χ4v) is 2.70.